The minimum atomic E-state index is -1.33. The van der Waals surface area contributed by atoms with Gasteiger partial charge >= 0.3 is 5.97 Å². The summed E-state index contributed by atoms with van der Waals surface area (Å²) in [6.07, 6.45) is 2.99. The van der Waals surface area contributed by atoms with Crippen LogP contribution in [0.15, 0.2) is 0 Å². The van der Waals surface area contributed by atoms with Gasteiger partial charge in [0.1, 0.15) is 0 Å². The van der Waals surface area contributed by atoms with Crippen LogP contribution in [0, 0.1) is 28.6 Å². The summed E-state index contributed by atoms with van der Waals surface area (Å²) in [5.74, 6) is -2.61. The van der Waals surface area contributed by atoms with E-state index in [4.69, 9.17) is 15.6 Å². The van der Waals surface area contributed by atoms with Gasteiger partial charge in [0, 0.05) is 6.42 Å². The third-order valence-corrected chi connectivity index (χ3v) is 2.33. The lowest BCUT2D eigenvalue weighted by Gasteiger charge is -2.12. The Bertz CT molecular complexity index is 291. The largest absolute Gasteiger partial charge is 0.480 e. The number of nitriles is 2. The number of carbonyl (C=O) groups is 1. The van der Waals surface area contributed by atoms with E-state index in [9.17, 15) is 9.90 Å². The molecule has 88 valence electrons. The summed E-state index contributed by atoms with van der Waals surface area (Å²) in [5, 5.41) is 34.8. The van der Waals surface area contributed by atoms with Crippen molar-refractivity contribution in [2.24, 2.45) is 5.92 Å². The van der Waals surface area contributed by atoms with E-state index < -0.39 is 18.0 Å². The van der Waals surface area contributed by atoms with E-state index in [0.29, 0.717) is 19.3 Å². The van der Waals surface area contributed by atoms with Crippen LogP contribution in [-0.2, 0) is 4.79 Å². The van der Waals surface area contributed by atoms with Crippen molar-refractivity contribution in [1.29, 1.82) is 10.5 Å². The average Bonchev–Trinajstić information content (AvgIpc) is 2.23. The molecule has 0 fully saturated rings. The highest BCUT2D eigenvalue weighted by Gasteiger charge is 2.25. The van der Waals surface area contributed by atoms with Crippen molar-refractivity contribution in [3.05, 3.63) is 0 Å². The van der Waals surface area contributed by atoms with Gasteiger partial charge in [-0.1, -0.05) is 19.3 Å². The number of hydrogen-bond donors (Lipinski definition) is 2. The molecule has 0 aliphatic heterocycles. The average molecular weight is 224 g/mol. The summed E-state index contributed by atoms with van der Waals surface area (Å²) in [6.45, 7) is 0. The third kappa shape index (κ3) is 6.00. The van der Waals surface area contributed by atoms with Crippen LogP contribution in [0.5, 0.6) is 0 Å². The topological polar surface area (TPSA) is 105 Å². The maximum absolute atomic E-state index is 10.5. The fraction of sp³-hybridized carbons (Fsp3) is 0.727. The van der Waals surface area contributed by atoms with Crippen molar-refractivity contribution < 1.29 is 15.0 Å². The lowest BCUT2D eigenvalue weighted by molar-refractivity contribution is -0.143. The number of unbranched alkanes of at least 4 members (excludes halogenated alkanes) is 4. The second kappa shape index (κ2) is 8.70. The van der Waals surface area contributed by atoms with E-state index in [2.05, 4.69) is 0 Å². The third-order valence-electron chi connectivity index (χ3n) is 2.33. The number of rotatable bonds is 8. The minimum Gasteiger partial charge on any atom is -0.480 e. The molecule has 2 N–H and O–H groups in total. The molecule has 0 aromatic rings. The Labute approximate surface area is 94.9 Å². The normalized spacial score (nSPS) is 13.4. The van der Waals surface area contributed by atoms with Crippen LogP contribution in [0.4, 0.5) is 0 Å². The molecule has 0 saturated carbocycles. The van der Waals surface area contributed by atoms with Gasteiger partial charge < -0.3 is 10.2 Å². The number of aliphatic hydroxyl groups excluding tert-OH is 1. The number of nitrogens with zero attached hydrogens (tertiary/aromatic N) is 2. The second-order valence-electron chi connectivity index (χ2n) is 3.62. The summed E-state index contributed by atoms with van der Waals surface area (Å²) in [5.41, 5.74) is 0. The summed E-state index contributed by atoms with van der Waals surface area (Å²) in [7, 11) is 0. The van der Waals surface area contributed by atoms with Crippen molar-refractivity contribution in [1.82, 2.24) is 0 Å². The van der Waals surface area contributed by atoms with Gasteiger partial charge in [0.05, 0.1) is 18.2 Å². The van der Waals surface area contributed by atoms with Crippen molar-refractivity contribution in [3.63, 3.8) is 0 Å². The minimum absolute atomic E-state index is 0.317. The van der Waals surface area contributed by atoms with Crippen LogP contribution < -0.4 is 0 Å². The van der Waals surface area contributed by atoms with Crippen LogP contribution >= 0.6 is 0 Å². The molecule has 0 bridgehead atoms. The standard InChI is InChI=1S/C11H16N2O3/c12-7-5-3-1-2-4-6-10(14)9(8-13)11(15)16/h9-10,14H,1-6H2,(H,15,16). The van der Waals surface area contributed by atoms with Gasteiger partial charge in [0.2, 0.25) is 0 Å². The molecule has 0 aliphatic carbocycles. The maximum atomic E-state index is 10.5. The quantitative estimate of drug-likeness (QED) is 0.607. The van der Waals surface area contributed by atoms with Crippen LogP contribution in [0.2, 0.25) is 0 Å². The predicted octanol–water partition coefficient (Wildman–Crippen LogP) is 1.44. The molecule has 0 radical (unpaired) electrons. The highest BCUT2D eigenvalue weighted by atomic mass is 16.4. The maximum Gasteiger partial charge on any atom is 0.323 e. The summed E-state index contributed by atoms with van der Waals surface area (Å²) in [6, 6.07) is 3.61. The first-order valence-electron chi connectivity index (χ1n) is 5.31. The van der Waals surface area contributed by atoms with E-state index in [0.717, 1.165) is 19.3 Å². The molecule has 2 atom stereocenters. The van der Waals surface area contributed by atoms with E-state index >= 15 is 0 Å². The first-order valence-corrected chi connectivity index (χ1v) is 5.31. The van der Waals surface area contributed by atoms with Gasteiger partial charge in [-0.3, -0.25) is 4.79 Å². The van der Waals surface area contributed by atoms with Crippen LogP contribution in [-0.4, -0.2) is 22.3 Å². The van der Waals surface area contributed by atoms with E-state index in [1.165, 1.54) is 0 Å². The molecular weight excluding hydrogens is 208 g/mol. The fourth-order valence-corrected chi connectivity index (χ4v) is 1.38. The van der Waals surface area contributed by atoms with Crippen LogP contribution in [0.25, 0.3) is 0 Å². The van der Waals surface area contributed by atoms with Crippen molar-refractivity contribution >= 4 is 5.97 Å². The first-order chi connectivity index (χ1) is 7.63. The van der Waals surface area contributed by atoms with E-state index in [1.807, 2.05) is 6.07 Å². The van der Waals surface area contributed by atoms with Crippen molar-refractivity contribution in [3.8, 4) is 12.1 Å². The Balaban J connectivity index is 3.65. The van der Waals surface area contributed by atoms with Gasteiger partial charge in [-0.05, 0) is 12.8 Å². The molecule has 0 aromatic carbocycles. The smallest absolute Gasteiger partial charge is 0.323 e. The van der Waals surface area contributed by atoms with Gasteiger partial charge in [-0.15, -0.1) is 0 Å². The molecule has 0 spiro atoms. The van der Waals surface area contributed by atoms with Gasteiger partial charge in [0.25, 0.3) is 0 Å². The Morgan fingerprint density at radius 3 is 2.31 bits per heavy atom. The Morgan fingerprint density at radius 2 is 1.81 bits per heavy atom. The first kappa shape index (κ1) is 14.4. The summed E-state index contributed by atoms with van der Waals surface area (Å²) >= 11 is 0. The van der Waals surface area contributed by atoms with Crippen molar-refractivity contribution in [2.75, 3.05) is 0 Å². The van der Waals surface area contributed by atoms with E-state index in [-0.39, 0.29) is 0 Å². The molecular formula is C11H16N2O3. The lowest BCUT2D eigenvalue weighted by Crippen LogP contribution is -2.26. The number of carboxylic acid groups (broad SMARTS) is 1. The van der Waals surface area contributed by atoms with Gasteiger partial charge in [-0.2, -0.15) is 10.5 Å². The molecule has 2 unspecified atom stereocenters. The second-order valence-corrected chi connectivity index (χ2v) is 3.62. The molecule has 0 aromatic heterocycles. The molecule has 5 heteroatoms. The molecule has 0 heterocycles. The Morgan fingerprint density at radius 1 is 1.19 bits per heavy atom. The highest BCUT2D eigenvalue weighted by Crippen LogP contribution is 2.13. The summed E-state index contributed by atoms with van der Waals surface area (Å²) in [4.78, 5) is 10.5. The molecule has 5 nitrogen and oxygen atoms in total. The molecule has 0 amide bonds. The molecule has 0 saturated heterocycles. The van der Waals surface area contributed by atoms with Crippen molar-refractivity contribution in [2.45, 2.75) is 44.6 Å². The fourth-order valence-electron chi connectivity index (χ4n) is 1.38. The number of carboxylic acids is 1. The number of aliphatic hydroxyl groups is 1. The highest BCUT2D eigenvalue weighted by molar-refractivity contribution is 5.73. The SMILES string of the molecule is N#CCCCCCCC(O)C(C#N)C(=O)O. The van der Waals surface area contributed by atoms with Gasteiger partial charge in [-0.25, -0.2) is 0 Å². The van der Waals surface area contributed by atoms with Crippen LogP contribution in [0.1, 0.15) is 38.5 Å². The Kier molecular flexibility index (Phi) is 7.83. The van der Waals surface area contributed by atoms with E-state index in [1.54, 1.807) is 6.07 Å². The zero-order valence-electron chi connectivity index (χ0n) is 9.09. The number of hydrogen-bond acceptors (Lipinski definition) is 4. The zero-order chi connectivity index (χ0) is 12.4. The molecule has 16 heavy (non-hydrogen) atoms. The predicted molar refractivity (Wildman–Crippen MR) is 56.1 cm³/mol. The van der Waals surface area contributed by atoms with Crippen LogP contribution in [0.3, 0.4) is 0 Å². The zero-order valence-corrected chi connectivity index (χ0v) is 9.09. The lowest BCUT2D eigenvalue weighted by atomic mass is 9.98. The van der Waals surface area contributed by atoms with Gasteiger partial charge in [0.15, 0.2) is 5.92 Å². The Hall–Kier alpha value is -1.59. The number of aliphatic carboxylic acids is 1. The molecule has 0 aliphatic rings. The molecule has 0 rings (SSSR count). The summed E-state index contributed by atoms with van der Waals surface area (Å²) < 4.78 is 0. The monoisotopic (exact) mass is 224 g/mol.